The molecule has 9 heteroatoms. The lowest BCUT2D eigenvalue weighted by Gasteiger charge is -2.30. The van der Waals surface area contributed by atoms with Crippen LogP contribution >= 0.6 is 23.1 Å². The van der Waals surface area contributed by atoms with Crippen LogP contribution in [0, 0.1) is 18.3 Å². The first-order valence-corrected chi connectivity index (χ1v) is 12.6. The van der Waals surface area contributed by atoms with Crippen molar-refractivity contribution in [2.24, 2.45) is 10.9 Å². The Balaban J connectivity index is 1.69. The van der Waals surface area contributed by atoms with Crippen molar-refractivity contribution in [2.45, 2.75) is 33.2 Å². The van der Waals surface area contributed by atoms with Crippen molar-refractivity contribution in [1.82, 2.24) is 9.47 Å². The van der Waals surface area contributed by atoms with Crippen LogP contribution in [0.25, 0.3) is 10.2 Å². The fraction of sp³-hybridized carbons (Fsp3) is 0.478. The summed E-state index contributed by atoms with van der Waals surface area (Å²) < 4.78 is 7.62. The number of amides is 2. The normalized spacial score (nSPS) is 15.0. The zero-order chi connectivity index (χ0) is 23.1. The van der Waals surface area contributed by atoms with E-state index in [2.05, 4.69) is 17.8 Å². The number of esters is 1. The van der Waals surface area contributed by atoms with Gasteiger partial charge < -0.3 is 14.2 Å². The molecule has 3 rings (SSSR count). The third kappa shape index (κ3) is 6.02. The van der Waals surface area contributed by atoms with Gasteiger partial charge in [-0.15, -0.1) is 18.2 Å². The number of carbonyl (C=O) groups is 3. The second-order valence-electron chi connectivity index (χ2n) is 7.64. The van der Waals surface area contributed by atoms with E-state index in [4.69, 9.17) is 11.2 Å². The highest BCUT2D eigenvalue weighted by molar-refractivity contribution is 8.00. The van der Waals surface area contributed by atoms with E-state index in [1.807, 2.05) is 4.90 Å². The molecule has 170 valence electrons. The number of benzene rings is 1. The summed E-state index contributed by atoms with van der Waals surface area (Å²) in [5.74, 6) is 2.99. The standard InChI is InChI=1S/C23H27N3O4S2/c1-4-10-26-18-7-6-17(22(29)30-5-2)13-19(18)32-23(26)24-20(27)14-31-15-21(28)25-11-8-16(3)9-12-25/h1,6-7,13,16H,5,8-12,14-15H2,2-3H3. The number of terminal acetylenes is 1. The molecular formula is C23H27N3O4S2. The molecule has 2 heterocycles. The monoisotopic (exact) mass is 473 g/mol. The fourth-order valence-corrected chi connectivity index (χ4v) is 5.24. The lowest BCUT2D eigenvalue weighted by molar-refractivity contribution is -0.129. The molecule has 2 aromatic rings. The zero-order valence-corrected chi connectivity index (χ0v) is 20.0. The molecule has 1 aromatic heterocycles. The van der Waals surface area contributed by atoms with Gasteiger partial charge in [-0.05, 0) is 43.9 Å². The summed E-state index contributed by atoms with van der Waals surface area (Å²) in [7, 11) is 0. The molecule has 1 aliphatic rings. The highest BCUT2D eigenvalue weighted by atomic mass is 32.2. The predicted molar refractivity (Wildman–Crippen MR) is 127 cm³/mol. The number of carbonyl (C=O) groups excluding carboxylic acids is 3. The molecule has 2 amide bonds. The molecule has 1 aliphatic heterocycles. The van der Waals surface area contributed by atoms with Crippen molar-refractivity contribution in [1.29, 1.82) is 0 Å². The minimum absolute atomic E-state index is 0.0745. The van der Waals surface area contributed by atoms with E-state index in [9.17, 15) is 14.4 Å². The number of hydrogen-bond acceptors (Lipinski definition) is 6. The molecule has 0 bridgehead atoms. The first-order valence-electron chi connectivity index (χ1n) is 10.6. The highest BCUT2D eigenvalue weighted by Crippen LogP contribution is 2.20. The van der Waals surface area contributed by atoms with E-state index < -0.39 is 5.97 Å². The van der Waals surface area contributed by atoms with Gasteiger partial charge in [0.05, 0.1) is 40.4 Å². The molecule has 0 saturated carbocycles. The van der Waals surface area contributed by atoms with Gasteiger partial charge in [-0.1, -0.05) is 24.2 Å². The van der Waals surface area contributed by atoms with Crippen LogP contribution in [0.15, 0.2) is 23.2 Å². The molecule has 32 heavy (non-hydrogen) atoms. The van der Waals surface area contributed by atoms with Crippen LogP contribution in [0.2, 0.25) is 0 Å². The second kappa shape index (κ2) is 11.3. The SMILES string of the molecule is C#CCn1c(=NC(=O)CSCC(=O)N2CCC(C)CC2)sc2cc(C(=O)OCC)ccc21. The predicted octanol–water partition coefficient (Wildman–Crippen LogP) is 2.93. The topological polar surface area (TPSA) is 81.0 Å². The maximum absolute atomic E-state index is 12.5. The number of likely N-dealkylation sites (tertiary alicyclic amines) is 1. The van der Waals surface area contributed by atoms with Crippen LogP contribution in [0.4, 0.5) is 0 Å². The van der Waals surface area contributed by atoms with Gasteiger partial charge in [-0.25, -0.2) is 4.79 Å². The molecule has 0 spiro atoms. The lowest BCUT2D eigenvalue weighted by Crippen LogP contribution is -2.39. The van der Waals surface area contributed by atoms with E-state index >= 15 is 0 Å². The van der Waals surface area contributed by atoms with Gasteiger partial charge in [0, 0.05) is 13.1 Å². The minimum Gasteiger partial charge on any atom is -0.462 e. The van der Waals surface area contributed by atoms with Crippen molar-refractivity contribution in [3.05, 3.63) is 28.6 Å². The van der Waals surface area contributed by atoms with Crippen LogP contribution in [0.1, 0.15) is 37.0 Å². The Morgan fingerprint density at radius 1 is 1.28 bits per heavy atom. The van der Waals surface area contributed by atoms with Gasteiger partial charge in [0.25, 0.3) is 5.91 Å². The first-order chi connectivity index (χ1) is 15.4. The quantitative estimate of drug-likeness (QED) is 0.456. The van der Waals surface area contributed by atoms with E-state index in [0.29, 0.717) is 22.9 Å². The molecule has 1 fully saturated rings. The molecule has 0 radical (unpaired) electrons. The van der Waals surface area contributed by atoms with Crippen molar-refractivity contribution >= 4 is 51.1 Å². The number of nitrogens with zero attached hydrogens (tertiary/aromatic N) is 3. The van der Waals surface area contributed by atoms with Crippen molar-refractivity contribution < 1.29 is 19.1 Å². The number of ether oxygens (including phenoxy) is 1. The number of fused-ring (bicyclic) bond motifs is 1. The Labute approximate surface area is 195 Å². The van der Waals surface area contributed by atoms with Crippen molar-refractivity contribution in [3.8, 4) is 12.3 Å². The molecule has 1 saturated heterocycles. The van der Waals surface area contributed by atoms with Crippen molar-refractivity contribution in [2.75, 3.05) is 31.2 Å². The van der Waals surface area contributed by atoms with Gasteiger partial charge in [0.1, 0.15) is 0 Å². The molecule has 0 atom stereocenters. The number of piperidine rings is 1. The second-order valence-corrected chi connectivity index (χ2v) is 9.63. The average Bonchev–Trinajstić information content (AvgIpc) is 3.10. The summed E-state index contributed by atoms with van der Waals surface area (Å²) in [6, 6.07) is 5.18. The Hall–Kier alpha value is -2.57. The van der Waals surface area contributed by atoms with Gasteiger partial charge in [-0.3, -0.25) is 9.59 Å². The maximum Gasteiger partial charge on any atom is 0.338 e. The smallest absolute Gasteiger partial charge is 0.338 e. The number of rotatable bonds is 7. The molecule has 7 nitrogen and oxygen atoms in total. The van der Waals surface area contributed by atoms with Crippen LogP contribution in [-0.4, -0.2) is 58.5 Å². The minimum atomic E-state index is -0.398. The number of aromatic nitrogens is 1. The Kier molecular flexibility index (Phi) is 8.53. The Morgan fingerprint density at radius 2 is 2.03 bits per heavy atom. The summed E-state index contributed by atoms with van der Waals surface area (Å²) in [5, 5.41) is 0. The first kappa shape index (κ1) is 24.1. The summed E-state index contributed by atoms with van der Waals surface area (Å²) in [6.07, 6.45) is 7.57. The highest BCUT2D eigenvalue weighted by Gasteiger charge is 2.20. The van der Waals surface area contributed by atoms with Crippen molar-refractivity contribution in [3.63, 3.8) is 0 Å². The summed E-state index contributed by atoms with van der Waals surface area (Å²) in [6.45, 7) is 6.09. The molecule has 1 aromatic carbocycles. The van der Waals surface area contributed by atoms with Crippen LogP contribution in [0.5, 0.6) is 0 Å². The van der Waals surface area contributed by atoms with Crippen LogP contribution in [-0.2, 0) is 20.9 Å². The van der Waals surface area contributed by atoms with Crippen LogP contribution < -0.4 is 4.80 Å². The summed E-state index contributed by atoms with van der Waals surface area (Å²) in [4.78, 5) is 43.4. The van der Waals surface area contributed by atoms with E-state index in [-0.39, 0.29) is 29.9 Å². The largest absolute Gasteiger partial charge is 0.462 e. The fourth-order valence-electron chi connectivity index (χ4n) is 3.46. The third-order valence-corrected chi connectivity index (χ3v) is 7.19. The lowest BCUT2D eigenvalue weighted by atomic mass is 9.99. The molecular weight excluding hydrogens is 446 g/mol. The third-order valence-electron chi connectivity index (χ3n) is 5.25. The van der Waals surface area contributed by atoms with E-state index in [1.165, 1.54) is 23.1 Å². The summed E-state index contributed by atoms with van der Waals surface area (Å²) >= 11 is 2.57. The average molecular weight is 474 g/mol. The molecule has 0 unspecified atom stereocenters. The van der Waals surface area contributed by atoms with Gasteiger partial charge >= 0.3 is 5.97 Å². The van der Waals surface area contributed by atoms with E-state index in [0.717, 1.165) is 36.1 Å². The Bertz CT molecular complexity index is 1100. The van der Waals surface area contributed by atoms with Crippen LogP contribution in [0.3, 0.4) is 0 Å². The Morgan fingerprint density at radius 3 is 2.72 bits per heavy atom. The number of thioether (sulfide) groups is 1. The summed E-state index contributed by atoms with van der Waals surface area (Å²) in [5.41, 5.74) is 1.24. The van der Waals surface area contributed by atoms with Gasteiger partial charge in [0.2, 0.25) is 5.91 Å². The number of hydrogen-bond donors (Lipinski definition) is 0. The van der Waals surface area contributed by atoms with Gasteiger partial charge in [-0.2, -0.15) is 4.99 Å². The zero-order valence-electron chi connectivity index (χ0n) is 18.3. The van der Waals surface area contributed by atoms with E-state index in [1.54, 1.807) is 29.7 Å². The number of thiazole rings is 1. The maximum atomic E-state index is 12.5. The molecule has 0 N–H and O–H groups in total. The van der Waals surface area contributed by atoms with Gasteiger partial charge in [0.15, 0.2) is 4.80 Å². The molecule has 0 aliphatic carbocycles.